The lowest BCUT2D eigenvalue weighted by atomic mass is 10.0. The Labute approximate surface area is 248 Å². The number of rotatable bonds is 10. The summed E-state index contributed by atoms with van der Waals surface area (Å²) in [6.07, 6.45) is 3.76. The number of fused-ring (bicyclic) bond motifs is 1. The molecule has 3 aromatic carbocycles. The second-order valence-corrected chi connectivity index (χ2v) is 10.6. The number of nitriles is 1. The Bertz CT molecular complexity index is 1820. The van der Waals surface area contributed by atoms with Crippen molar-refractivity contribution < 1.29 is 9.53 Å². The van der Waals surface area contributed by atoms with Crippen molar-refractivity contribution in [3.8, 4) is 34.2 Å². The SMILES string of the molecule is CCCCC[C@H](N)C(=O)Oc1cc(C#N)ccc1-c1cc(=O)[nH]c2c(-c3ccc(Cl)cc3)c(Cc3ccccc3)nn12. The predicted octanol–water partition coefficient (Wildman–Crippen LogP) is 6.29. The molecule has 9 heteroatoms. The molecule has 212 valence electrons. The Morgan fingerprint density at radius 1 is 1.10 bits per heavy atom. The summed E-state index contributed by atoms with van der Waals surface area (Å²) < 4.78 is 7.41. The van der Waals surface area contributed by atoms with Gasteiger partial charge in [0.05, 0.1) is 23.0 Å². The van der Waals surface area contributed by atoms with Gasteiger partial charge < -0.3 is 15.5 Å². The molecule has 1 atom stereocenters. The average molecular weight is 580 g/mol. The third-order valence-electron chi connectivity index (χ3n) is 7.06. The normalized spacial score (nSPS) is 11.8. The van der Waals surface area contributed by atoms with Gasteiger partial charge in [-0.05, 0) is 47.9 Å². The van der Waals surface area contributed by atoms with Gasteiger partial charge in [-0.2, -0.15) is 10.4 Å². The van der Waals surface area contributed by atoms with Gasteiger partial charge in [0.1, 0.15) is 17.4 Å². The average Bonchev–Trinajstić information content (AvgIpc) is 3.35. The highest BCUT2D eigenvalue weighted by Gasteiger charge is 2.23. The molecule has 42 heavy (non-hydrogen) atoms. The second-order valence-electron chi connectivity index (χ2n) is 10.1. The maximum atomic E-state index is 13.1. The Morgan fingerprint density at radius 2 is 1.86 bits per heavy atom. The van der Waals surface area contributed by atoms with Crippen molar-refractivity contribution in [2.75, 3.05) is 0 Å². The molecule has 0 radical (unpaired) electrons. The van der Waals surface area contributed by atoms with Crippen molar-refractivity contribution in [1.29, 1.82) is 5.26 Å². The molecule has 0 saturated heterocycles. The number of nitrogens with zero attached hydrogens (tertiary/aromatic N) is 3. The van der Waals surface area contributed by atoms with Crippen molar-refractivity contribution in [2.45, 2.75) is 45.1 Å². The van der Waals surface area contributed by atoms with Crippen LogP contribution in [-0.4, -0.2) is 26.6 Å². The molecule has 5 aromatic rings. The first-order chi connectivity index (χ1) is 20.4. The molecule has 0 amide bonds. The molecular weight excluding hydrogens is 550 g/mol. The van der Waals surface area contributed by atoms with E-state index >= 15 is 0 Å². The molecular formula is C33H30ClN5O3. The van der Waals surface area contributed by atoms with Crippen LogP contribution in [0.2, 0.25) is 5.02 Å². The van der Waals surface area contributed by atoms with Crippen LogP contribution in [-0.2, 0) is 11.2 Å². The lowest BCUT2D eigenvalue weighted by Gasteiger charge is -2.15. The van der Waals surface area contributed by atoms with E-state index in [4.69, 9.17) is 27.2 Å². The zero-order chi connectivity index (χ0) is 29.6. The zero-order valence-electron chi connectivity index (χ0n) is 23.1. The number of aromatic nitrogens is 3. The van der Waals surface area contributed by atoms with Crippen LogP contribution in [0, 0.1) is 11.3 Å². The molecule has 5 rings (SSSR count). The van der Waals surface area contributed by atoms with E-state index in [1.54, 1.807) is 28.8 Å². The van der Waals surface area contributed by atoms with Crippen molar-refractivity contribution in [3.63, 3.8) is 0 Å². The smallest absolute Gasteiger partial charge is 0.328 e. The number of hydrogen-bond acceptors (Lipinski definition) is 6. The molecule has 0 unspecified atom stereocenters. The maximum absolute atomic E-state index is 13.1. The van der Waals surface area contributed by atoms with Crippen molar-refractivity contribution in [2.24, 2.45) is 5.73 Å². The lowest BCUT2D eigenvalue weighted by molar-refractivity contribution is -0.136. The molecule has 0 aliphatic heterocycles. The Balaban J connectivity index is 1.67. The molecule has 0 bridgehead atoms. The van der Waals surface area contributed by atoms with Crippen LogP contribution >= 0.6 is 11.6 Å². The van der Waals surface area contributed by atoms with Gasteiger partial charge in [-0.25, -0.2) is 9.31 Å². The number of nitrogens with two attached hydrogens (primary N) is 1. The summed E-state index contributed by atoms with van der Waals surface area (Å²) in [6, 6.07) is 24.7. The molecule has 0 fully saturated rings. The fourth-order valence-electron chi connectivity index (χ4n) is 4.92. The molecule has 0 aliphatic rings. The Hall–Kier alpha value is -4.71. The number of aromatic amines is 1. The highest BCUT2D eigenvalue weighted by Crippen LogP contribution is 2.35. The van der Waals surface area contributed by atoms with Crippen LogP contribution in [0.3, 0.4) is 0 Å². The van der Waals surface area contributed by atoms with Crippen LogP contribution < -0.4 is 16.0 Å². The second kappa shape index (κ2) is 12.9. The molecule has 2 heterocycles. The van der Waals surface area contributed by atoms with E-state index in [2.05, 4.69) is 18.0 Å². The first-order valence-corrected chi connectivity index (χ1v) is 14.2. The molecule has 2 aromatic heterocycles. The molecule has 8 nitrogen and oxygen atoms in total. The van der Waals surface area contributed by atoms with E-state index in [0.29, 0.717) is 40.3 Å². The fraction of sp³-hybridized carbons (Fsp3) is 0.212. The summed E-state index contributed by atoms with van der Waals surface area (Å²) in [5.74, 6) is -0.472. The number of nitrogens with one attached hydrogen (secondary N) is 1. The van der Waals surface area contributed by atoms with E-state index < -0.39 is 12.0 Å². The number of halogens is 1. The maximum Gasteiger partial charge on any atom is 0.328 e. The van der Waals surface area contributed by atoms with Crippen LogP contribution in [0.25, 0.3) is 28.0 Å². The lowest BCUT2D eigenvalue weighted by Crippen LogP contribution is -2.34. The summed E-state index contributed by atoms with van der Waals surface area (Å²) >= 11 is 6.18. The van der Waals surface area contributed by atoms with Crippen molar-refractivity contribution >= 4 is 23.2 Å². The number of benzene rings is 3. The zero-order valence-corrected chi connectivity index (χ0v) is 23.9. The van der Waals surface area contributed by atoms with Crippen LogP contribution in [0.4, 0.5) is 0 Å². The topological polar surface area (TPSA) is 126 Å². The number of esters is 1. The third-order valence-corrected chi connectivity index (χ3v) is 7.31. The van der Waals surface area contributed by atoms with Crippen LogP contribution in [0.15, 0.2) is 83.7 Å². The van der Waals surface area contributed by atoms with Crippen LogP contribution in [0.1, 0.15) is 49.4 Å². The highest BCUT2D eigenvalue weighted by atomic mass is 35.5. The minimum Gasteiger partial charge on any atom is -0.425 e. The van der Waals surface area contributed by atoms with Gasteiger partial charge in [0.25, 0.3) is 5.56 Å². The third kappa shape index (κ3) is 6.28. The van der Waals surface area contributed by atoms with Gasteiger partial charge in [-0.15, -0.1) is 0 Å². The number of hydrogen-bond donors (Lipinski definition) is 2. The van der Waals surface area contributed by atoms with E-state index in [0.717, 1.165) is 41.6 Å². The van der Waals surface area contributed by atoms with E-state index in [-0.39, 0.29) is 11.3 Å². The minimum absolute atomic E-state index is 0.130. The summed E-state index contributed by atoms with van der Waals surface area (Å²) in [5.41, 5.74) is 10.7. The number of H-pyrrole nitrogens is 1. The standard InChI is InChI=1S/C33H30ClN5O3/c1-2-3-5-10-26(36)33(41)42-29-18-22(20-35)11-16-25(29)28-19-30(40)37-32-31(23-12-14-24(34)15-13-23)27(38-39(28)32)17-21-8-6-4-7-9-21/h4,6-9,11-16,18-19,26H,2-3,5,10,17,36H2,1H3,(H,37,40)/t26-/m0/s1. The summed E-state index contributed by atoms with van der Waals surface area (Å²) in [7, 11) is 0. The number of carbonyl (C=O) groups is 1. The van der Waals surface area contributed by atoms with E-state index in [1.165, 1.54) is 12.1 Å². The van der Waals surface area contributed by atoms with Gasteiger partial charge in [0, 0.05) is 28.6 Å². The quantitative estimate of drug-likeness (QED) is 0.114. The van der Waals surface area contributed by atoms with Crippen molar-refractivity contribution in [3.05, 3.63) is 111 Å². The summed E-state index contributed by atoms with van der Waals surface area (Å²) in [6.45, 7) is 2.07. The van der Waals surface area contributed by atoms with Gasteiger partial charge in [-0.3, -0.25) is 4.79 Å². The molecule has 0 spiro atoms. The highest BCUT2D eigenvalue weighted by molar-refractivity contribution is 6.30. The Kier molecular flexibility index (Phi) is 8.82. The predicted molar refractivity (Wildman–Crippen MR) is 163 cm³/mol. The largest absolute Gasteiger partial charge is 0.425 e. The van der Waals surface area contributed by atoms with Crippen LogP contribution in [0.5, 0.6) is 5.75 Å². The van der Waals surface area contributed by atoms with Gasteiger partial charge in [-0.1, -0.05) is 80.3 Å². The van der Waals surface area contributed by atoms with E-state index in [1.807, 2.05) is 42.5 Å². The number of unbranched alkanes of at least 4 members (excludes halogenated alkanes) is 2. The summed E-state index contributed by atoms with van der Waals surface area (Å²) in [4.78, 5) is 29.0. The monoisotopic (exact) mass is 579 g/mol. The van der Waals surface area contributed by atoms with Gasteiger partial charge in [0.2, 0.25) is 0 Å². The number of carbonyl (C=O) groups excluding carboxylic acids is 1. The van der Waals surface area contributed by atoms with Gasteiger partial charge >= 0.3 is 5.97 Å². The first-order valence-electron chi connectivity index (χ1n) is 13.8. The number of ether oxygens (including phenoxy) is 1. The minimum atomic E-state index is -0.812. The molecule has 3 N–H and O–H groups in total. The van der Waals surface area contributed by atoms with Gasteiger partial charge in [0.15, 0.2) is 0 Å². The van der Waals surface area contributed by atoms with Crippen molar-refractivity contribution in [1.82, 2.24) is 14.6 Å². The first kappa shape index (κ1) is 28.8. The molecule has 0 aliphatic carbocycles. The summed E-state index contributed by atoms with van der Waals surface area (Å²) in [5, 5.41) is 15.1. The fourth-order valence-corrected chi connectivity index (χ4v) is 5.05. The Morgan fingerprint density at radius 3 is 2.57 bits per heavy atom. The van der Waals surface area contributed by atoms with E-state index in [9.17, 15) is 14.9 Å². The molecule has 0 saturated carbocycles.